The maximum Gasteiger partial charge on any atom is 0.336 e. The molecule has 0 aliphatic carbocycles. The Labute approximate surface area is 167 Å². The number of nitrogens with one attached hydrogen (secondary N) is 2. The minimum atomic E-state index is -0.443. The fraction of sp³-hybridized carbons (Fsp3) is 0.227. The molecule has 1 aromatic heterocycles. The lowest BCUT2D eigenvalue weighted by Gasteiger charge is -2.15. The van der Waals surface area contributed by atoms with Gasteiger partial charge in [-0.2, -0.15) is 0 Å². The summed E-state index contributed by atoms with van der Waals surface area (Å²) in [6, 6.07) is 15.1. The summed E-state index contributed by atoms with van der Waals surface area (Å²) in [5.41, 5.74) is 1.58. The van der Waals surface area contributed by atoms with Crippen molar-refractivity contribution in [3.05, 3.63) is 70.6 Å². The molecule has 0 bridgehead atoms. The third-order valence-electron chi connectivity index (χ3n) is 4.36. The Bertz CT molecular complexity index is 1070. The lowest BCUT2D eigenvalue weighted by molar-refractivity contribution is -0.123. The van der Waals surface area contributed by atoms with Crippen LogP contribution in [0.1, 0.15) is 31.9 Å². The fourth-order valence-electron chi connectivity index (χ4n) is 2.75. The van der Waals surface area contributed by atoms with E-state index in [1.54, 1.807) is 43.3 Å². The first-order valence-electron chi connectivity index (χ1n) is 9.30. The molecule has 1 heterocycles. The van der Waals surface area contributed by atoms with Crippen molar-refractivity contribution in [3.63, 3.8) is 0 Å². The molecule has 0 saturated carbocycles. The summed E-state index contributed by atoms with van der Waals surface area (Å²) in [7, 11) is 0. The van der Waals surface area contributed by atoms with Gasteiger partial charge in [0.15, 0.2) is 6.61 Å². The summed E-state index contributed by atoms with van der Waals surface area (Å²) < 4.78 is 10.6. The van der Waals surface area contributed by atoms with Crippen molar-refractivity contribution in [2.45, 2.75) is 26.3 Å². The summed E-state index contributed by atoms with van der Waals surface area (Å²) in [5.74, 6) is 0.102. The molecule has 0 fully saturated rings. The van der Waals surface area contributed by atoms with E-state index in [2.05, 4.69) is 10.6 Å². The Hall–Kier alpha value is -3.61. The van der Waals surface area contributed by atoms with E-state index >= 15 is 0 Å². The first kappa shape index (κ1) is 20.1. The SMILES string of the molecule is CCC(=O)Nc1ccc(C(C)NC(=O)COc2ccc3ccc(=O)oc3c2)cc1. The Morgan fingerprint density at radius 1 is 1.03 bits per heavy atom. The van der Waals surface area contributed by atoms with Gasteiger partial charge in [0.2, 0.25) is 5.91 Å². The summed E-state index contributed by atoms with van der Waals surface area (Å²) >= 11 is 0. The zero-order valence-electron chi connectivity index (χ0n) is 16.2. The number of rotatable bonds is 7. The van der Waals surface area contributed by atoms with Crippen LogP contribution in [0.2, 0.25) is 0 Å². The Morgan fingerprint density at radius 3 is 2.48 bits per heavy atom. The van der Waals surface area contributed by atoms with Gasteiger partial charge in [0.25, 0.3) is 5.91 Å². The van der Waals surface area contributed by atoms with Gasteiger partial charge in [-0.25, -0.2) is 4.79 Å². The fourth-order valence-corrected chi connectivity index (χ4v) is 2.75. The largest absolute Gasteiger partial charge is 0.484 e. The molecule has 1 atom stereocenters. The van der Waals surface area contributed by atoms with Crippen LogP contribution in [-0.4, -0.2) is 18.4 Å². The van der Waals surface area contributed by atoms with Gasteiger partial charge in [-0.15, -0.1) is 0 Å². The predicted molar refractivity (Wildman–Crippen MR) is 110 cm³/mol. The number of amides is 2. The van der Waals surface area contributed by atoms with Crippen molar-refractivity contribution in [3.8, 4) is 5.75 Å². The predicted octanol–water partition coefficient (Wildman–Crippen LogP) is 3.40. The van der Waals surface area contributed by atoms with Crippen LogP contribution in [0.3, 0.4) is 0 Å². The van der Waals surface area contributed by atoms with Crippen LogP contribution >= 0.6 is 0 Å². The molecule has 1 unspecified atom stereocenters. The average Bonchev–Trinajstić information content (AvgIpc) is 2.72. The molecule has 29 heavy (non-hydrogen) atoms. The van der Waals surface area contributed by atoms with Gasteiger partial charge in [-0.1, -0.05) is 19.1 Å². The number of carbonyl (C=O) groups is 2. The first-order valence-corrected chi connectivity index (χ1v) is 9.30. The zero-order valence-corrected chi connectivity index (χ0v) is 16.2. The third-order valence-corrected chi connectivity index (χ3v) is 4.36. The Kier molecular flexibility index (Phi) is 6.29. The Morgan fingerprint density at radius 2 is 1.76 bits per heavy atom. The van der Waals surface area contributed by atoms with Crippen molar-refractivity contribution in [2.24, 2.45) is 0 Å². The molecule has 0 saturated heterocycles. The number of benzene rings is 2. The highest BCUT2D eigenvalue weighted by atomic mass is 16.5. The summed E-state index contributed by atoms with van der Waals surface area (Å²) in [5, 5.41) is 6.41. The lowest BCUT2D eigenvalue weighted by Crippen LogP contribution is -2.31. The number of ether oxygens (including phenoxy) is 1. The number of anilines is 1. The molecule has 0 radical (unpaired) electrons. The molecular formula is C22H22N2O5. The molecule has 0 aliphatic rings. The number of fused-ring (bicyclic) bond motifs is 1. The monoisotopic (exact) mass is 394 g/mol. The van der Waals surface area contributed by atoms with Gasteiger partial charge in [0.1, 0.15) is 11.3 Å². The quantitative estimate of drug-likeness (QED) is 0.599. The minimum Gasteiger partial charge on any atom is -0.484 e. The van der Waals surface area contributed by atoms with E-state index in [9.17, 15) is 14.4 Å². The van der Waals surface area contributed by atoms with E-state index in [1.807, 2.05) is 19.1 Å². The number of hydrogen-bond donors (Lipinski definition) is 2. The zero-order chi connectivity index (χ0) is 20.8. The summed E-state index contributed by atoms with van der Waals surface area (Å²) in [6.07, 6.45) is 0.414. The summed E-state index contributed by atoms with van der Waals surface area (Å²) in [6.45, 7) is 3.48. The molecule has 150 valence electrons. The molecule has 0 aliphatic heterocycles. The van der Waals surface area contributed by atoms with Crippen LogP contribution in [0.25, 0.3) is 11.0 Å². The van der Waals surface area contributed by atoms with Crippen LogP contribution in [0.5, 0.6) is 5.75 Å². The minimum absolute atomic E-state index is 0.0517. The standard InChI is InChI=1S/C22H22N2O5/c1-3-20(25)24-17-8-4-15(5-9-17)14(2)23-21(26)13-28-18-10-6-16-7-11-22(27)29-19(16)12-18/h4-12,14H,3,13H2,1-2H3,(H,23,26)(H,24,25). The normalized spacial score (nSPS) is 11.7. The van der Waals surface area contributed by atoms with Gasteiger partial charge < -0.3 is 19.8 Å². The van der Waals surface area contributed by atoms with Crippen molar-refractivity contribution in [1.82, 2.24) is 5.32 Å². The van der Waals surface area contributed by atoms with Gasteiger partial charge in [0.05, 0.1) is 6.04 Å². The average molecular weight is 394 g/mol. The second-order valence-corrected chi connectivity index (χ2v) is 6.56. The van der Waals surface area contributed by atoms with Crippen molar-refractivity contribution in [1.29, 1.82) is 0 Å². The molecule has 0 spiro atoms. The van der Waals surface area contributed by atoms with Crippen molar-refractivity contribution in [2.75, 3.05) is 11.9 Å². The maximum absolute atomic E-state index is 12.2. The van der Waals surface area contributed by atoms with E-state index < -0.39 is 5.63 Å². The highest BCUT2D eigenvalue weighted by molar-refractivity contribution is 5.90. The van der Waals surface area contributed by atoms with Gasteiger partial charge in [-0.3, -0.25) is 9.59 Å². The first-order chi connectivity index (χ1) is 13.9. The highest BCUT2D eigenvalue weighted by Gasteiger charge is 2.11. The van der Waals surface area contributed by atoms with Gasteiger partial charge in [-0.05, 0) is 42.8 Å². The van der Waals surface area contributed by atoms with E-state index in [4.69, 9.17) is 9.15 Å². The number of hydrogen-bond acceptors (Lipinski definition) is 5. The van der Waals surface area contributed by atoms with Crippen LogP contribution < -0.4 is 21.0 Å². The molecule has 3 rings (SSSR count). The molecular weight excluding hydrogens is 372 g/mol. The highest BCUT2D eigenvalue weighted by Crippen LogP contribution is 2.20. The molecule has 7 nitrogen and oxygen atoms in total. The van der Waals surface area contributed by atoms with Crippen LogP contribution in [-0.2, 0) is 9.59 Å². The van der Waals surface area contributed by atoms with E-state index in [0.717, 1.165) is 10.9 Å². The molecule has 2 amide bonds. The number of carbonyl (C=O) groups excluding carboxylic acids is 2. The second-order valence-electron chi connectivity index (χ2n) is 6.56. The summed E-state index contributed by atoms with van der Waals surface area (Å²) in [4.78, 5) is 34.9. The van der Waals surface area contributed by atoms with Gasteiger partial charge in [0, 0.05) is 29.6 Å². The second kappa shape index (κ2) is 9.05. The lowest BCUT2D eigenvalue weighted by atomic mass is 10.1. The van der Waals surface area contributed by atoms with Crippen molar-refractivity contribution < 1.29 is 18.7 Å². The van der Waals surface area contributed by atoms with Crippen LogP contribution in [0, 0.1) is 0 Å². The maximum atomic E-state index is 12.2. The topological polar surface area (TPSA) is 97.6 Å². The molecule has 2 N–H and O–H groups in total. The molecule has 2 aromatic carbocycles. The van der Waals surface area contributed by atoms with Crippen LogP contribution in [0.15, 0.2) is 63.8 Å². The third kappa shape index (κ3) is 5.44. The van der Waals surface area contributed by atoms with E-state index in [1.165, 1.54) is 6.07 Å². The molecule has 3 aromatic rings. The van der Waals surface area contributed by atoms with Crippen LogP contribution in [0.4, 0.5) is 5.69 Å². The van der Waals surface area contributed by atoms with E-state index in [-0.39, 0.29) is 24.5 Å². The van der Waals surface area contributed by atoms with E-state index in [0.29, 0.717) is 23.4 Å². The van der Waals surface area contributed by atoms with Crippen molar-refractivity contribution >= 4 is 28.5 Å². The smallest absolute Gasteiger partial charge is 0.336 e. The van der Waals surface area contributed by atoms with Gasteiger partial charge >= 0.3 is 5.63 Å². The molecule has 7 heteroatoms. The Balaban J connectivity index is 1.55.